The summed E-state index contributed by atoms with van der Waals surface area (Å²) in [5, 5.41) is 2.62. The van der Waals surface area contributed by atoms with Gasteiger partial charge < -0.3 is 5.32 Å². The van der Waals surface area contributed by atoms with Gasteiger partial charge in [0.2, 0.25) is 0 Å². The summed E-state index contributed by atoms with van der Waals surface area (Å²) in [7, 11) is 0. The third kappa shape index (κ3) is 2.97. The van der Waals surface area contributed by atoms with Crippen LogP contribution in [0.1, 0.15) is 12.5 Å². The minimum Gasteiger partial charge on any atom is -0.364 e. The van der Waals surface area contributed by atoms with E-state index in [0.717, 1.165) is 6.07 Å². The summed E-state index contributed by atoms with van der Waals surface area (Å²) in [4.78, 5) is 3.65. The van der Waals surface area contributed by atoms with E-state index in [0.29, 0.717) is 0 Å². The number of alkyl halides is 3. The van der Waals surface area contributed by atoms with Gasteiger partial charge in [0.1, 0.15) is 5.82 Å². The van der Waals surface area contributed by atoms with Crippen molar-refractivity contribution >= 4 is 5.82 Å². The standard InChI is InChI=1S/C10H11F3N2/c1-3-7(2)15-9-8(10(11,12)13)5-4-6-14-9/h3-7H,1H2,2H3,(H,14,15). The molecule has 1 rings (SSSR count). The molecule has 1 aromatic heterocycles. The lowest BCUT2D eigenvalue weighted by molar-refractivity contribution is -0.137. The van der Waals surface area contributed by atoms with Crippen LogP contribution in [0.25, 0.3) is 0 Å². The number of halogens is 3. The van der Waals surface area contributed by atoms with Crippen LogP contribution in [-0.4, -0.2) is 11.0 Å². The molecule has 15 heavy (non-hydrogen) atoms. The van der Waals surface area contributed by atoms with Gasteiger partial charge in [-0.25, -0.2) is 4.98 Å². The summed E-state index contributed by atoms with van der Waals surface area (Å²) in [6, 6.07) is 1.98. The van der Waals surface area contributed by atoms with Gasteiger partial charge in [0.15, 0.2) is 0 Å². The topological polar surface area (TPSA) is 24.9 Å². The summed E-state index contributed by atoms with van der Waals surface area (Å²) in [5.41, 5.74) is -0.765. The molecule has 1 atom stereocenters. The van der Waals surface area contributed by atoms with E-state index >= 15 is 0 Å². The van der Waals surface area contributed by atoms with Crippen LogP contribution in [0.2, 0.25) is 0 Å². The zero-order valence-corrected chi connectivity index (χ0v) is 8.17. The maximum atomic E-state index is 12.5. The average molecular weight is 216 g/mol. The number of anilines is 1. The normalized spacial score (nSPS) is 13.3. The van der Waals surface area contributed by atoms with E-state index < -0.39 is 11.7 Å². The molecule has 0 aromatic carbocycles. The number of hydrogen-bond donors (Lipinski definition) is 1. The molecule has 0 saturated carbocycles. The van der Waals surface area contributed by atoms with E-state index in [-0.39, 0.29) is 11.9 Å². The second kappa shape index (κ2) is 4.33. The molecular weight excluding hydrogens is 205 g/mol. The number of nitrogens with zero attached hydrogens (tertiary/aromatic N) is 1. The maximum Gasteiger partial charge on any atom is 0.419 e. The van der Waals surface area contributed by atoms with Crippen molar-refractivity contribution in [1.82, 2.24) is 4.98 Å². The van der Waals surface area contributed by atoms with Gasteiger partial charge in [0, 0.05) is 12.2 Å². The molecule has 2 nitrogen and oxygen atoms in total. The predicted octanol–water partition coefficient (Wildman–Crippen LogP) is 3.09. The fourth-order valence-corrected chi connectivity index (χ4v) is 1.02. The van der Waals surface area contributed by atoms with Crippen molar-refractivity contribution in [1.29, 1.82) is 0 Å². The van der Waals surface area contributed by atoms with Gasteiger partial charge in [-0.05, 0) is 19.1 Å². The number of aromatic nitrogens is 1. The highest BCUT2D eigenvalue weighted by Crippen LogP contribution is 2.33. The zero-order chi connectivity index (χ0) is 11.5. The van der Waals surface area contributed by atoms with Gasteiger partial charge in [0.25, 0.3) is 0 Å². The first-order valence-electron chi connectivity index (χ1n) is 4.36. The third-order valence-electron chi connectivity index (χ3n) is 1.83. The largest absolute Gasteiger partial charge is 0.419 e. The van der Waals surface area contributed by atoms with Crippen molar-refractivity contribution in [3.63, 3.8) is 0 Å². The Balaban J connectivity index is 3.02. The summed E-state index contributed by atoms with van der Waals surface area (Å²) in [6.45, 7) is 5.17. The van der Waals surface area contributed by atoms with Crippen molar-refractivity contribution in [2.75, 3.05) is 5.32 Å². The van der Waals surface area contributed by atoms with Crippen molar-refractivity contribution < 1.29 is 13.2 Å². The molecule has 0 spiro atoms. The fraction of sp³-hybridized carbons (Fsp3) is 0.300. The van der Waals surface area contributed by atoms with Crippen molar-refractivity contribution in [2.24, 2.45) is 0 Å². The van der Waals surface area contributed by atoms with E-state index in [4.69, 9.17) is 0 Å². The van der Waals surface area contributed by atoms with Gasteiger partial charge in [-0.2, -0.15) is 13.2 Å². The zero-order valence-electron chi connectivity index (χ0n) is 8.17. The lowest BCUT2D eigenvalue weighted by Crippen LogP contribution is -2.17. The van der Waals surface area contributed by atoms with Crippen LogP contribution < -0.4 is 5.32 Å². The Labute approximate surface area is 85.8 Å². The molecule has 0 radical (unpaired) electrons. The molecule has 0 bridgehead atoms. The molecule has 1 N–H and O–H groups in total. The highest BCUT2D eigenvalue weighted by molar-refractivity contribution is 5.46. The van der Waals surface area contributed by atoms with Crippen molar-refractivity contribution in [2.45, 2.75) is 19.1 Å². The van der Waals surface area contributed by atoms with Crippen LogP contribution in [0.3, 0.4) is 0 Å². The molecule has 82 valence electrons. The van der Waals surface area contributed by atoms with Crippen LogP contribution in [0.5, 0.6) is 0 Å². The van der Waals surface area contributed by atoms with Crippen LogP contribution in [0.15, 0.2) is 31.0 Å². The first-order chi connectivity index (χ1) is 6.95. The van der Waals surface area contributed by atoms with Gasteiger partial charge in [0.05, 0.1) is 5.56 Å². The second-order valence-corrected chi connectivity index (χ2v) is 3.07. The summed E-state index contributed by atoms with van der Waals surface area (Å²) < 4.78 is 37.5. The number of nitrogens with one attached hydrogen (secondary N) is 1. The first kappa shape index (κ1) is 11.6. The van der Waals surface area contributed by atoms with E-state index in [2.05, 4.69) is 16.9 Å². The van der Waals surface area contributed by atoms with E-state index in [1.54, 1.807) is 6.92 Å². The molecular formula is C10H11F3N2. The van der Waals surface area contributed by atoms with Gasteiger partial charge in [-0.15, -0.1) is 6.58 Å². The fourth-order valence-electron chi connectivity index (χ4n) is 1.02. The monoisotopic (exact) mass is 216 g/mol. The molecule has 5 heteroatoms. The van der Waals surface area contributed by atoms with E-state index in [1.807, 2.05) is 0 Å². The Kier molecular flexibility index (Phi) is 3.34. The number of hydrogen-bond acceptors (Lipinski definition) is 2. The predicted molar refractivity (Wildman–Crippen MR) is 52.5 cm³/mol. The van der Waals surface area contributed by atoms with Crippen molar-refractivity contribution in [3.05, 3.63) is 36.5 Å². The smallest absolute Gasteiger partial charge is 0.364 e. The van der Waals surface area contributed by atoms with Crippen LogP contribution in [-0.2, 0) is 6.18 Å². The van der Waals surface area contributed by atoms with E-state index in [9.17, 15) is 13.2 Å². The Hall–Kier alpha value is -1.52. The molecule has 1 heterocycles. The summed E-state index contributed by atoms with van der Waals surface area (Å²) >= 11 is 0. The highest BCUT2D eigenvalue weighted by atomic mass is 19.4. The molecule has 0 amide bonds. The van der Waals surface area contributed by atoms with Gasteiger partial charge in [-0.3, -0.25) is 0 Å². The molecule has 0 fully saturated rings. The quantitative estimate of drug-likeness (QED) is 0.785. The molecule has 1 aromatic rings. The summed E-state index contributed by atoms with van der Waals surface area (Å²) in [6.07, 6.45) is -1.57. The third-order valence-corrected chi connectivity index (χ3v) is 1.83. The van der Waals surface area contributed by atoms with Crippen LogP contribution >= 0.6 is 0 Å². The van der Waals surface area contributed by atoms with Gasteiger partial charge >= 0.3 is 6.18 Å². The van der Waals surface area contributed by atoms with E-state index in [1.165, 1.54) is 18.3 Å². The minimum atomic E-state index is -4.39. The molecule has 0 aliphatic heterocycles. The number of rotatable bonds is 3. The summed E-state index contributed by atoms with van der Waals surface area (Å²) in [5.74, 6) is -0.169. The number of pyridine rings is 1. The SMILES string of the molecule is C=CC(C)Nc1ncccc1C(F)(F)F. The molecule has 1 unspecified atom stereocenters. The Morgan fingerprint density at radius 2 is 2.20 bits per heavy atom. The lowest BCUT2D eigenvalue weighted by atomic mass is 10.2. The van der Waals surface area contributed by atoms with Crippen molar-refractivity contribution in [3.8, 4) is 0 Å². The Bertz CT molecular complexity index is 347. The Morgan fingerprint density at radius 1 is 1.53 bits per heavy atom. The lowest BCUT2D eigenvalue weighted by Gasteiger charge is -2.15. The Morgan fingerprint density at radius 3 is 2.73 bits per heavy atom. The maximum absolute atomic E-state index is 12.5. The molecule has 0 aliphatic rings. The average Bonchev–Trinajstić information content (AvgIpc) is 2.17. The highest BCUT2D eigenvalue weighted by Gasteiger charge is 2.34. The van der Waals surface area contributed by atoms with Gasteiger partial charge in [-0.1, -0.05) is 6.08 Å². The first-order valence-corrected chi connectivity index (χ1v) is 4.36. The molecule has 0 aliphatic carbocycles. The second-order valence-electron chi connectivity index (χ2n) is 3.07. The minimum absolute atomic E-state index is 0.169. The van der Waals surface area contributed by atoms with Crippen LogP contribution in [0.4, 0.5) is 19.0 Å². The van der Waals surface area contributed by atoms with Crippen LogP contribution in [0, 0.1) is 0 Å². The molecule has 0 saturated heterocycles.